The number of aromatic nitrogens is 1. The number of carbonyl (C=O) groups excluding carboxylic acids is 1. The maximum Gasteiger partial charge on any atom is 0.277 e. The molecule has 0 aliphatic carbocycles. The summed E-state index contributed by atoms with van der Waals surface area (Å²) in [6, 6.07) is 17.2. The molecule has 1 aromatic heterocycles. The van der Waals surface area contributed by atoms with Crippen molar-refractivity contribution >= 4 is 23.0 Å². The number of nitrogens with one attached hydrogen (secondary N) is 1. The highest BCUT2D eigenvalue weighted by Crippen LogP contribution is 2.19. The summed E-state index contributed by atoms with van der Waals surface area (Å²) in [5.41, 5.74) is 4.52. The number of para-hydroxylation sites is 2. The first kappa shape index (κ1) is 16.5. The van der Waals surface area contributed by atoms with Crippen LogP contribution < -0.4 is 10.2 Å². The van der Waals surface area contributed by atoms with Gasteiger partial charge in [-0.25, -0.2) is 5.43 Å². The van der Waals surface area contributed by atoms with Gasteiger partial charge in [0.05, 0.1) is 6.21 Å². The lowest BCUT2D eigenvalue weighted by atomic mass is 10.2. The standard InChI is InChI=1S/C20H19N3O2/c1-2-12-23-14-16(18-10-6-7-11-19(18)23)13-21-22-20(24)15-25-17-8-4-3-5-9-17/h2-11,13-14H,1,12,15H2,(H,22,24)/b21-13-. The number of fused-ring (bicyclic) bond motifs is 1. The van der Waals surface area contributed by atoms with E-state index in [1.165, 1.54) is 0 Å². The van der Waals surface area contributed by atoms with Gasteiger partial charge in [-0.1, -0.05) is 42.5 Å². The molecule has 1 heterocycles. The van der Waals surface area contributed by atoms with E-state index < -0.39 is 0 Å². The molecule has 5 nitrogen and oxygen atoms in total. The van der Waals surface area contributed by atoms with Crippen LogP contribution in [-0.4, -0.2) is 23.3 Å². The number of carbonyl (C=O) groups is 1. The fourth-order valence-corrected chi connectivity index (χ4v) is 2.54. The maximum atomic E-state index is 11.8. The molecule has 3 rings (SSSR count). The van der Waals surface area contributed by atoms with Crippen LogP contribution in [0.2, 0.25) is 0 Å². The first-order chi connectivity index (χ1) is 12.3. The molecule has 5 heteroatoms. The molecule has 0 atom stereocenters. The van der Waals surface area contributed by atoms with Crippen molar-refractivity contribution in [1.29, 1.82) is 0 Å². The summed E-state index contributed by atoms with van der Waals surface area (Å²) < 4.78 is 7.46. The van der Waals surface area contributed by atoms with Crippen LogP contribution in [0, 0.1) is 0 Å². The highest BCUT2D eigenvalue weighted by Gasteiger charge is 2.06. The van der Waals surface area contributed by atoms with Crippen molar-refractivity contribution in [3.8, 4) is 5.75 Å². The fourth-order valence-electron chi connectivity index (χ4n) is 2.54. The van der Waals surface area contributed by atoms with Crippen LogP contribution in [0.1, 0.15) is 5.56 Å². The SMILES string of the molecule is C=CCn1cc(/C=N\NC(=O)COc2ccccc2)c2ccccc21. The van der Waals surface area contributed by atoms with Crippen molar-refractivity contribution in [2.45, 2.75) is 6.54 Å². The van der Waals surface area contributed by atoms with Crippen LogP contribution in [0.4, 0.5) is 0 Å². The van der Waals surface area contributed by atoms with Crippen molar-refractivity contribution in [3.05, 3.63) is 79.0 Å². The molecule has 0 saturated carbocycles. The van der Waals surface area contributed by atoms with E-state index in [1.807, 2.05) is 54.7 Å². The minimum Gasteiger partial charge on any atom is -0.484 e. The Hall–Kier alpha value is -3.34. The highest BCUT2D eigenvalue weighted by molar-refractivity contribution is 5.99. The first-order valence-electron chi connectivity index (χ1n) is 7.96. The monoisotopic (exact) mass is 333 g/mol. The Morgan fingerprint density at radius 1 is 1.16 bits per heavy atom. The fraction of sp³-hybridized carbons (Fsp3) is 0.100. The molecular formula is C20H19N3O2. The van der Waals surface area contributed by atoms with Gasteiger partial charge in [0, 0.05) is 29.2 Å². The number of ether oxygens (including phenoxy) is 1. The molecule has 0 saturated heterocycles. The van der Waals surface area contributed by atoms with Crippen molar-refractivity contribution in [2.75, 3.05) is 6.61 Å². The number of hydrogen-bond acceptors (Lipinski definition) is 3. The summed E-state index contributed by atoms with van der Waals surface area (Å²) in [5.74, 6) is 0.337. The van der Waals surface area contributed by atoms with E-state index in [2.05, 4.69) is 21.7 Å². The third-order valence-electron chi connectivity index (χ3n) is 3.65. The number of hydrogen-bond donors (Lipinski definition) is 1. The Kier molecular flexibility index (Phi) is 5.26. The lowest BCUT2D eigenvalue weighted by molar-refractivity contribution is -0.123. The van der Waals surface area contributed by atoms with Gasteiger partial charge in [-0.05, 0) is 18.2 Å². The van der Waals surface area contributed by atoms with E-state index in [0.29, 0.717) is 12.3 Å². The molecular weight excluding hydrogens is 314 g/mol. The van der Waals surface area contributed by atoms with Gasteiger partial charge in [0.25, 0.3) is 5.91 Å². The molecule has 0 aliphatic rings. The predicted molar refractivity (Wildman–Crippen MR) is 99.8 cm³/mol. The zero-order valence-electron chi connectivity index (χ0n) is 13.8. The van der Waals surface area contributed by atoms with Gasteiger partial charge < -0.3 is 9.30 Å². The van der Waals surface area contributed by atoms with Crippen molar-refractivity contribution in [3.63, 3.8) is 0 Å². The van der Waals surface area contributed by atoms with Crippen molar-refractivity contribution in [2.24, 2.45) is 5.10 Å². The zero-order valence-corrected chi connectivity index (χ0v) is 13.8. The zero-order chi connectivity index (χ0) is 17.5. The van der Waals surface area contributed by atoms with E-state index in [9.17, 15) is 4.79 Å². The second kappa shape index (κ2) is 7.97. The number of allylic oxidation sites excluding steroid dienone is 1. The number of rotatable bonds is 7. The molecule has 0 radical (unpaired) electrons. The van der Waals surface area contributed by atoms with Crippen LogP contribution >= 0.6 is 0 Å². The minimum atomic E-state index is -0.310. The Bertz CT molecular complexity index is 898. The molecule has 0 spiro atoms. The van der Waals surface area contributed by atoms with Crippen LogP contribution in [0.25, 0.3) is 10.9 Å². The van der Waals surface area contributed by atoms with Crippen molar-refractivity contribution in [1.82, 2.24) is 9.99 Å². The van der Waals surface area contributed by atoms with Gasteiger partial charge in [-0.15, -0.1) is 6.58 Å². The van der Waals surface area contributed by atoms with Crippen LogP contribution in [0.5, 0.6) is 5.75 Å². The molecule has 2 aromatic carbocycles. The van der Waals surface area contributed by atoms with E-state index in [-0.39, 0.29) is 12.5 Å². The summed E-state index contributed by atoms with van der Waals surface area (Å²) >= 11 is 0. The first-order valence-corrected chi connectivity index (χ1v) is 7.96. The summed E-state index contributed by atoms with van der Waals surface area (Å²) in [6.45, 7) is 4.41. The second-order valence-corrected chi connectivity index (χ2v) is 5.44. The third-order valence-corrected chi connectivity index (χ3v) is 3.65. The number of benzene rings is 2. The summed E-state index contributed by atoms with van der Waals surface area (Å²) in [5, 5.41) is 5.11. The van der Waals surface area contributed by atoms with E-state index in [1.54, 1.807) is 18.3 Å². The Labute approximate surface area is 146 Å². The minimum absolute atomic E-state index is 0.0838. The Balaban J connectivity index is 1.63. The van der Waals surface area contributed by atoms with E-state index in [4.69, 9.17) is 4.74 Å². The topological polar surface area (TPSA) is 55.6 Å². The average Bonchev–Trinajstić information content (AvgIpc) is 2.99. The van der Waals surface area contributed by atoms with Crippen LogP contribution in [0.3, 0.4) is 0 Å². The molecule has 0 unspecified atom stereocenters. The lowest BCUT2D eigenvalue weighted by Gasteiger charge is -2.03. The van der Waals surface area contributed by atoms with E-state index >= 15 is 0 Å². The second-order valence-electron chi connectivity index (χ2n) is 5.44. The smallest absolute Gasteiger partial charge is 0.277 e. The van der Waals surface area contributed by atoms with Crippen molar-refractivity contribution < 1.29 is 9.53 Å². The van der Waals surface area contributed by atoms with Gasteiger partial charge >= 0.3 is 0 Å². The predicted octanol–water partition coefficient (Wildman–Crippen LogP) is 3.36. The number of amides is 1. The highest BCUT2D eigenvalue weighted by atomic mass is 16.5. The lowest BCUT2D eigenvalue weighted by Crippen LogP contribution is -2.24. The quantitative estimate of drug-likeness (QED) is 0.409. The molecule has 126 valence electrons. The van der Waals surface area contributed by atoms with Gasteiger partial charge in [-0.3, -0.25) is 4.79 Å². The number of nitrogens with zero attached hydrogens (tertiary/aromatic N) is 2. The summed E-state index contributed by atoms with van der Waals surface area (Å²) in [6.07, 6.45) is 5.47. The Morgan fingerprint density at radius 3 is 2.72 bits per heavy atom. The van der Waals surface area contributed by atoms with Gasteiger partial charge in [0.1, 0.15) is 5.75 Å². The average molecular weight is 333 g/mol. The molecule has 0 fully saturated rings. The molecule has 0 aliphatic heterocycles. The maximum absolute atomic E-state index is 11.8. The number of hydrazone groups is 1. The summed E-state index contributed by atoms with van der Waals surface area (Å²) in [7, 11) is 0. The molecule has 0 bridgehead atoms. The Morgan fingerprint density at radius 2 is 1.92 bits per heavy atom. The van der Waals surface area contributed by atoms with E-state index in [0.717, 1.165) is 16.5 Å². The van der Waals surface area contributed by atoms with Gasteiger partial charge in [0.15, 0.2) is 6.61 Å². The normalized spacial score (nSPS) is 10.9. The van der Waals surface area contributed by atoms with Gasteiger partial charge in [0.2, 0.25) is 0 Å². The van der Waals surface area contributed by atoms with Gasteiger partial charge in [-0.2, -0.15) is 5.10 Å². The van der Waals surface area contributed by atoms with Crippen LogP contribution in [0.15, 0.2) is 78.6 Å². The largest absolute Gasteiger partial charge is 0.484 e. The molecule has 1 N–H and O–H groups in total. The summed E-state index contributed by atoms with van der Waals surface area (Å²) in [4.78, 5) is 11.8. The molecule has 1 amide bonds. The third kappa shape index (κ3) is 4.14. The van der Waals surface area contributed by atoms with Crippen LogP contribution in [-0.2, 0) is 11.3 Å². The molecule has 25 heavy (non-hydrogen) atoms. The molecule has 3 aromatic rings.